The van der Waals surface area contributed by atoms with E-state index in [1.165, 1.54) is 18.4 Å². The molecule has 0 radical (unpaired) electrons. The van der Waals surface area contributed by atoms with E-state index in [0.717, 1.165) is 10.0 Å². The quantitative estimate of drug-likeness (QED) is 0.475. The summed E-state index contributed by atoms with van der Waals surface area (Å²) in [4.78, 5) is 31.3. The van der Waals surface area contributed by atoms with Crippen LogP contribution in [0.4, 0.5) is 0 Å². The van der Waals surface area contributed by atoms with Crippen molar-refractivity contribution in [3.8, 4) is 11.5 Å². The molecule has 0 fully saturated rings. The molecule has 0 bridgehead atoms. The molecule has 0 saturated heterocycles. The first-order chi connectivity index (χ1) is 15.9. The molecule has 0 aliphatic carbocycles. The lowest BCUT2D eigenvalue weighted by Crippen LogP contribution is -2.39. The second-order valence-electron chi connectivity index (χ2n) is 7.21. The summed E-state index contributed by atoms with van der Waals surface area (Å²) in [6, 6.07) is 12.3. The second kappa shape index (κ2) is 9.36. The van der Waals surface area contributed by atoms with Crippen LogP contribution >= 0.6 is 27.3 Å². The van der Waals surface area contributed by atoms with Crippen LogP contribution in [0.15, 0.2) is 68.0 Å². The van der Waals surface area contributed by atoms with E-state index in [2.05, 4.69) is 20.9 Å². The van der Waals surface area contributed by atoms with Gasteiger partial charge in [-0.25, -0.2) is 9.79 Å². The summed E-state index contributed by atoms with van der Waals surface area (Å²) in [5.74, 6) is 0.667. The third-order valence-corrected chi connectivity index (χ3v) is 6.94. The van der Waals surface area contributed by atoms with E-state index in [1.807, 2.05) is 36.4 Å². The average molecular weight is 529 g/mol. The summed E-state index contributed by atoms with van der Waals surface area (Å²) in [5, 5.41) is 0. The van der Waals surface area contributed by atoms with Gasteiger partial charge in [0.25, 0.3) is 5.56 Å². The summed E-state index contributed by atoms with van der Waals surface area (Å²) in [6.45, 7) is 1.75. The number of allylic oxidation sites excluding steroid dienone is 1. The van der Waals surface area contributed by atoms with Crippen molar-refractivity contribution in [2.24, 2.45) is 4.99 Å². The van der Waals surface area contributed by atoms with Gasteiger partial charge in [-0.05, 0) is 40.6 Å². The highest BCUT2D eigenvalue weighted by Gasteiger charge is 2.32. The molecule has 7 nitrogen and oxygen atoms in total. The molecular formula is C24H21BrN2O5S. The minimum Gasteiger partial charge on any atom is -0.496 e. The van der Waals surface area contributed by atoms with Crippen molar-refractivity contribution in [1.29, 1.82) is 0 Å². The average Bonchev–Trinajstić information content (AvgIpc) is 3.12. The van der Waals surface area contributed by atoms with Crippen LogP contribution < -0.4 is 24.4 Å². The number of methoxy groups -OCH3 is 3. The van der Waals surface area contributed by atoms with Gasteiger partial charge < -0.3 is 14.2 Å². The van der Waals surface area contributed by atoms with E-state index in [-0.39, 0.29) is 5.56 Å². The normalized spacial score (nSPS) is 15.7. The predicted octanol–water partition coefficient (Wildman–Crippen LogP) is 3.19. The van der Waals surface area contributed by atoms with E-state index in [4.69, 9.17) is 14.2 Å². The van der Waals surface area contributed by atoms with Gasteiger partial charge in [0.15, 0.2) is 4.80 Å². The number of esters is 1. The molecule has 1 aromatic heterocycles. The van der Waals surface area contributed by atoms with Gasteiger partial charge in [0.05, 0.1) is 47.6 Å². The van der Waals surface area contributed by atoms with Gasteiger partial charge in [0.2, 0.25) is 0 Å². The van der Waals surface area contributed by atoms with Crippen LogP contribution in [0.5, 0.6) is 11.5 Å². The zero-order valence-electron chi connectivity index (χ0n) is 18.4. The molecular weight excluding hydrogens is 508 g/mol. The third kappa shape index (κ3) is 4.14. The molecule has 1 atom stereocenters. The zero-order chi connectivity index (χ0) is 23.7. The van der Waals surface area contributed by atoms with Crippen molar-refractivity contribution >= 4 is 39.3 Å². The number of carbonyl (C=O) groups is 1. The second-order valence-corrected chi connectivity index (χ2v) is 9.08. The minimum absolute atomic E-state index is 0.254. The van der Waals surface area contributed by atoms with E-state index in [9.17, 15) is 9.59 Å². The Balaban J connectivity index is 1.97. The first-order valence-corrected chi connectivity index (χ1v) is 11.6. The summed E-state index contributed by atoms with van der Waals surface area (Å²) < 4.78 is 18.6. The molecule has 33 heavy (non-hydrogen) atoms. The Labute approximate surface area is 202 Å². The maximum atomic E-state index is 13.6. The SMILES string of the molecule is COC(=O)C1=C(C)N=c2sc(=Cc3cc(Br)c(OC)cc3OC)c(=O)n2C1c1ccccc1. The standard InChI is InChI=1S/C24H21BrN2O5S/c1-13-20(23(29)32-4)21(14-8-6-5-7-9-14)27-22(28)19(33-24(27)26-13)11-15-10-16(25)18(31-3)12-17(15)30-2/h5-12,21H,1-4H3. The van der Waals surface area contributed by atoms with Crippen LogP contribution in [0, 0.1) is 0 Å². The Kier molecular flexibility index (Phi) is 6.53. The van der Waals surface area contributed by atoms with Crippen LogP contribution in [0.25, 0.3) is 6.08 Å². The number of rotatable bonds is 5. The van der Waals surface area contributed by atoms with Gasteiger partial charge in [-0.2, -0.15) is 0 Å². The lowest BCUT2D eigenvalue weighted by Gasteiger charge is -2.24. The van der Waals surface area contributed by atoms with E-state index >= 15 is 0 Å². The van der Waals surface area contributed by atoms with E-state index in [1.54, 1.807) is 37.9 Å². The number of carbonyl (C=O) groups excluding carboxylic acids is 1. The Hall–Kier alpha value is -3.17. The monoisotopic (exact) mass is 528 g/mol. The fraction of sp³-hybridized carbons (Fsp3) is 0.208. The van der Waals surface area contributed by atoms with Crippen molar-refractivity contribution in [3.63, 3.8) is 0 Å². The fourth-order valence-electron chi connectivity index (χ4n) is 3.78. The number of hydrogen-bond acceptors (Lipinski definition) is 7. The molecule has 170 valence electrons. The third-order valence-electron chi connectivity index (χ3n) is 5.33. The van der Waals surface area contributed by atoms with Crippen LogP contribution in [-0.2, 0) is 9.53 Å². The molecule has 3 aromatic rings. The van der Waals surface area contributed by atoms with Gasteiger partial charge in [0.1, 0.15) is 11.5 Å². The molecule has 1 unspecified atom stereocenters. The Morgan fingerprint density at radius 3 is 2.45 bits per heavy atom. The summed E-state index contributed by atoms with van der Waals surface area (Å²) in [7, 11) is 4.45. The lowest BCUT2D eigenvalue weighted by atomic mass is 9.96. The van der Waals surface area contributed by atoms with Crippen LogP contribution in [-0.4, -0.2) is 31.9 Å². The topological polar surface area (TPSA) is 79.1 Å². The van der Waals surface area contributed by atoms with Crippen LogP contribution in [0.3, 0.4) is 0 Å². The number of thiazole rings is 1. The number of aromatic nitrogens is 1. The Morgan fingerprint density at radius 1 is 1.12 bits per heavy atom. The molecule has 0 spiro atoms. The van der Waals surface area contributed by atoms with Crippen molar-refractivity contribution in [2.75, 3.05) is 21.3 Å². The lowest BCUT2D eigenvalue weighted by molar-refractivity contribution is -0.136. The van der Waals surface area contributed by atoms with Crippen molar-refractivity contribution in [2.45, 2.75) is 13.0 Å². The van der Waals surface area contributed by atoms with Gasteiger partial charge in [-0.3, -0.25) is 9.36 Å². The highest BCUT2D eigenvalue weighted by atomic mass is 79.9. The van der Waals surface area contributed by atoms with Gasteiger partial charge in [-0.1, -0.05) is 41.7 Å². The minimum atomic E-state index is -0.637. The zero-order valence-corrected chi connectivity index (χ0v) is 20.8. The molecule has 0 saturated carbocycles. The summed E-state index contributed by atoms with van der Waals surface area (Å²) in [5.41, 5.74) is 2.11. The van der Waals surface area contributed by atoms with Gasteiger partial charge in [-0.15, -0.1) is 0 Å². The maximum absolute atomic E-state index is 13.6. The number of benzene rings is 2. The first-order valence-electron chi connectivity index (χ1n) is 9.97. The van der Waals surface area contributed by atoms with Crippen molar-refractivity contribution in [1.82, 2.24) is 4.57 Å². The number of fused-ring (bicyclic) bond motifs is 1. The molecule has 2 aromatic carbocycles. The van der Waals surface area contributed by atoms with Crippen molar-refractivity contribution in [3.05, 3.63) is 89.0 Å². The molecule has 0 N–H and O–H groups in total. The predicted molar refractivity (Wildman–Crippen MR) is 129 cm³/mol. The Bertz CT molecular complexity index is 1440. The highest BCUT2D eigenvalue weighted by molar-refractivity contribution is 9.10. The molecule has 4 rings (SSSR count). The first kappa shape index (κ1) is 23.0. The summed E-state index contributed by atoms with van der Waals surface area (Å²) >= 11 is 4.74. The smallest absolute Gasteiger partial charge is 0.338 e. The van der Waals surface area contributed by atoms with Gasteiger partial charge >= 0.3 is 5.97 Å². The fourth-order valence-corrected chi connectivity index (χ4v) is 5.34. The summed E-state index contributed by atoms with van der Waals surface area (Å²) in [6.07, 6.45) is 1.76. The van der Waals surface area contributed by atoms with Gasteiger partial charge in [0, 0.05) is 11.6 Å². The number of hydrogen-bond donors (Lipinski definition) is 0. The molecule has 1 aliphatic rings. The Morgan fingerprint density at radius 2 is 1.82 bits per heavy atom. The van der Waals surface area contributed by atoms with E-state index < -0.39 is 12.0 Å². The highest BCUT2D eigenvalue weighted by Crippen LogP contribution is 2.33. The molecule has 0 amide bonds. The molecule has 1 aliphatic heterocycles. The molecule has 2 heterocycles. The largest absolute Gasteiger partial charge is 0.496 e. The number of halogens is 1. The van der Waals surface area contributed by atoms with Crippen molar-refractivity contribution < 1.29 is 19.0 Å². The van der Waals surface area contributed by atoms with E-state index in [0.29, 0.717) is 37.7 Å². The number of ether oxygens (including phenoxy) is 3. The maximum Gasteiger partial charge on any atom is 0.338 e. The molecule has 9 heteroatoms. The number of nitrogens with zero attached hydrogens (tertiary/aromatic N) is 2. The van der Waals surface area contributed by atoms with Crippen LogP contribution in [0.1, 0.15) is 24.1 Å². The van der Waals surface area contributed by atoms with Crippen LogP contribution in [0.2, 0.25) is 0 Å².